The molecule has 0 saturated carbocycles. The van der Waals surface area contributed by atoms with E-state index in [1.54, 1.807) is 24.3 Å². The highest BCUT2D eigenvalue weighted by Crippen LogP contribution is 2.40. The van der Waals surface area contributed by atoms with Crippen LogP contribution in [0.3, 0.4) is 0 Å². The Morgan fingerprint density at radius 3 is 2.03 bits per heavy atom. The van der Waals surface area contributed by atoms with E-state index < -0.39 is 53.7 Å². The Morgan fingerprint density at radius 2 is 1.49 bits per heavy atom. The molecule has 0 aliphatic heterocycles. The number of aliphatic carboxylic acids is 2. The van der Waals surface area contributed by atoms with Crippen molar-refractivity contribution in [2.45, 2.75) is 36.3 Å². The van der Waals surface area contributed by atoms with E-state index in [1.807, 2.05) is 36.4 Å². The van der Waals surface area contributed by atoms with Crippen molar-refractivity contribution < 1.29 is 34.5 Å². The molecule has 2 aromatic carbocycles. The van der Waals surface area contributed by atoms with Crippen molar-refractivity contribution in [3.05, 3.63) is 71.8 Å². The summed E-state index contributed by atoms with van der Waals surface area (Å²) in [5.74, 6) is -3.78. The maximum atomic E-state index is 12.6. The predicted octanol–water partition coefficient (Wildman–Crippen LogP) is 1.07. The molecule has 4 atom stereocenters. The van der Waals surface area contributed by atoms with E-state index in [1.165, 1.54) is 11.8 Å². The lowest BCUT2D eigenvalue weighted by atomic mass is 10.0. The van der Waals surface area contributed by atoms with Gasteiger partial charge in [-0.05, 0) is 17.5 Å². The first-order chi connectivity index (χ1) is 16.7. The Balaban J connectivity index is 2.17. The molecule has 188 valence electrons. The highest BCUT2D eigenvalue weighted by Gasteiger charge is 2.28. The lowest BCUT2D eigenvalue weighted by Gasteiger charge is -2.26. The molecule has 0 aliphatic rings. The van der Waals surface area contributed by atoms with Gasteiger partial charge in [-0.25, -0.2) is 0 Å². The van der Waals surface area contributed by atoms with Gasteiger partial charge >= 0.3 is 11.9 Å². The van der Waals surface area contributed by atoms with Gasteiger partial charge in [-0.2, -0.15) is 0 Å². The standard InChI is InChI=1S/C24H29N3O7S/c25-17(24(33)34)11-12-19(28)27-18(23(32)26-13-20(29)30)14-35-22(16-9-5-2-6-10-16)21(31)15-7-3-1-4-8-15/h1-10,17-18,21-22,31H,11-14,25H2,(H,26,32)(H,27,28)(H,29,30)(H,33,34). The molecular weight excluding hydrogens is 474 g/mol. The van der Waals surface area contributed by atoms with Gasteiger partial charge < -0.3 is 31.7 Å². The lowest BCUT2D eigenvalue weighted by molar-refractivity contribution is -0.139. The number of hydrogen-bond donors (Lipinski definition) is 6. The molecule has 0 heterocycles. The van der Waals surface area contributed by atoms with Gasteiger partial charge in [0.1, 0.15) is 18.6 Å². The third-order valence-corrected chi connectivity index (χ3v) is 6.48. The number of benzene rings is 2. The van der Waals surface area contributed by atoms with Crippen LogP contribution in [0.5, 0.6) is 0 Å². The van der Waals surface area contributed by atoms with Gasteiger partial charge in [-0.3, -0.25) is 19.2 Å². The highest BCUT2D eigenvalue weighted by molar-refractivity contribution is 7.99. The first kappa shape index (κ1) is 27.8. The molecule has 0 bridgehead atoms. The van der Waals surface area contributed by atoms with E-state index in [9.17, 15) is 24.3 Å². The van der Waals surface area contributed by atoms with Crippen LogP contribution in [0.1, 0.15) is 35.3 Å². The first-order valence-electron chi connectivity index (χ1n) is 10.9. The molecule has 0 aromatic heterocycles. The third-order valence-electron chi connectivity index (χ3n) is 5.06. The number of thioether (sulfide) groups is 1. The van der Waals surface area contributed by atoms with Gasteiger partial charge in [0.2, 0.25) is 11.8 Å². The number of carbonyl (C=O) groups excluding carboxylic acids is 2. The van der Waals surface area contributed by atoms with Gasteiger partial charge in [-0.15, -0.1) is 11.8 Å². The van der Waals surface area contributed by atoms with Crippen molar-refractivity contribution in [3.63, 3.8) is 0 Å². The molecule has 0 aliphatic carbocycles. The summed E-state index contributed by atoms with van der Waals surface area (Å²) < 4.78 is 0. The second kappa shape index (κ2) is 14.1. The summed E-state index contributed by atoms with van der Waals surface area (Å²) in [4.78, 5) is 46.8. The normalized spacial score (nSPS) is 14.2. The molecule has 0 radical (unpaired) electrons. The number of carbonyl (C=O) groups is 4. The number of nitrogens with one attached hydrogen (secondary N) is 2. The van der Waals surface area contributed by atoms with Crippen LogP contribution in [-0.2, 0) is 19.2 Å². The van der Waals surface area contributed by atoms with Crippen molar-refractivity contribution in [2.24, 2.45) is 5.73 Å². The van der Waals surface area contributed by atoms with Crippen LogP contribution in [0.2, 0.25) is 0 Å². The van der Waals surface area contributed by atoms with Crippen LogP contribution in [-0.4, -0.2) is 63.5 Å². The molecule has 0 saturated heterocycles. The molecule has 10 nitrogen and oxygen atoms in total. The summed E-state index contributed by atoms with van der Waals surface area (Å²) in [5, 5.41) is 33.1. The Labute approximate surface area is 206 Å². The van der Waals surface area contributed by atoms with Crippen LogP contribution in [0, 0.1) is 0 Å². The summed E-state index contributed by atoms with van der Waals surface area (Å²) in [6, 6.07) is 15.8. The lowest BCUT2D eigenvalue weighted by Crippen LogP contribution is -2.49. The Kier molecular flexibility index (Phi) is 11.2. The quantitative estimate of drug-likeness (QED) is 0.220. The number of nitrogens with two attached hydrogens (primary N) is 1. The minimum atomic E-state index is -1.25. The summed E-state index contributed by atoms with van der Waals surface area (Å²) in [6.45, 7) is -0.630. The number of hydrogen-bond acceptors (Lipinski definition) is 7. The number of carboxylic acid groups (broad SMARTS) is 2. The van der Waals surface area contributed by atoms with Gasteiger partial charge in [0.05, 0.1) is 11.4 Å². The number of rotatable bonds is 14. The Morgan fingerprint density at radius 1 is 0.914 bits per heavy atom. The van der Waals surface area contributed by atoms with E-state index >= 15 is 0 Å². The second-order valence-corrected chi connectivity index (χ2v) is 8.91. The maximum Gasteiger partial charge on any atom is 0.322 e. The maximum absolute atomic E-state index is 12.6. The summed E-state index contributed by atoms with van der Waals surface area (Å²) in [5.41, 5.74) is 6.91. The van der Waals surface area contributed by atoms with Gasteiger partial charge in [0.15, 0.2) is 0 Å². The van der Waals surface area contributed by atoms with E-state index in [-0.39, 0.29) is 18.6 Å². The fourth-order valence-electron chi connectivity index (χ4n) is 3.18. The average molecular weight is 504 g/mol. The van der Waals surface area contributed by atoms with Crippen molar-refractivity contribution in [1.29, 1.82) is 0 Å². The number of aliphatic hydroxyl groups excluding tert-OH is 1. The molecule has 0 spiro atoms. The molecule has 2 amide bonds. The van der Waals surface area contributed by atoms with E-state index in [2.05, 4.69) is 10.6 Å². The summed E-state index contributed by atoms with van der Waals surface area (Å²) in [7, 11) is 0. The summed E-state index contributed by atoms with van der Waals surface area (Å²) >= 11 is 1.23. The average Bonchev–Trinajstić information content (AvgIpc) is 2.86. The van der Waals surface area contributed by atoms with Crippen LogP contribution in [0.15, 0.2) is 60.7 Å². The molecule has 11 heteroatoms. The molecule has 4 unspecified atom stereocenters. The second-order valence-electron chi connectivity index (χ2n) is 7.74. The topological polar surface area (TPSA) is 179 Å². The first-order valence-corrected chi connectivity index (χ1v) is 11.9. The minimum Gasteiger partial charge on any atom is -0.480 e. The molecular formula is C24H29N3O7S. The van der Waals surface area contributed by atoms with Crippen LogP contribution in [0.4, 0.5) is 0 Å². The SMILES string of the molecule is NC(CCC(=O)NC(CSC(c1ccccc1)C(O)c1ccccc1)C(=O)NCC(=O)O)C(=O)O. The minimum absolute atomic E-state index is 0.0195. The van der Waals surface area contributed by atoms with Crippen LogP contribution >= 0.6 is 11.8 Å². The molecule has 2 rings (SSSR count). The van der Waals surface area contributed by atoms with Gasteiger partial charge in [0, 0.05) is 12.2 Å². The molecule has 2 aromatic rings. The molecule has 7 N–H and O–H groups in total. The number of aliphatic hydroxyl groups is 1. The fourth-order valence-corrected chi connectivity index (χ4v) is 4.51. The van der Waals surface area contributed by atoms with E-state index in [4.69, 9.17) is 15.9 Å². The Bertz CT molecular complexity index is 991. The fraction of sp³-hybridized carbons (Fsp3) is 0.333. The third kappa shape index (κ3) is 9.39. The van der Waals surface area contributed by atoms with Crippen LogP contribution in [0.25, 0.3) is 0 Å². The van der Waals surface area contributed by atoms with Crippen LogP contribution < -0.4 is 16.4 Å². The predicted molar refractivity (Wildman–Crippen MR) is 130 cm³/mol. The number of carboxylic acids is 2. The van der Waals surface area contributed by atoms with E-state index in [0.29, 0.717) is 5.56 Å². The van der Waals surface area contributed by atoms with Crippen molar-refractivity contribution in [1.82, 2.24) is 10.6 Å². The van der Waals surface area contributed by atoms with Crippen molar-refractivity contribution in [2.75, 3.05) is 12.3 Å². The largest absolute Gasteiger partial charge is 0.480 e. The highest BCUT2D eigenvalue weighted by atomic mass is 32.2. The number of amides is 2. The zero-order valence-electron chi connectivity index (χ0n) is 18.9. The zero-order valence-corrected chi connectivity index (χ0v) is 19.7. The van der Waals surface area contributed by atoms with Crippen molar-refractivity contribution in [3.8, 4) is 0 Å². The smallest absolute Gasteiger partial charge is 0.322 e. The van der Waals surface area contributed by atoms with Gasteiger partial charge in [-0.1, -0.05) is 60.7 Å². The zero-order chi connectivity index (χ0) is 25.8. The van der Waals surface area contributed by atoms with Crippen molar-refractivity contribution >= 4 is 35.5 Å². The summed E-state index contributed by atoms with van der Waals surface area (Å²) in [6.07, 6.45) is -1.28. The van der Waals surface area contributed by atoms with E-state index in [0.717, 1.165) is 5.56 Å². The molecule has 0 fully saturated rings. The monoisotopic (exact) mass is 503 g/mol. The molecule has 35 heavy (non-hydrogen) atoms. The Hall–Kier alpha value is -3.41. The van der Waals surface area contributed by atoms with Gasteiger partial charge in [0.25, 0.3) is 0 Å².